The van der Waals surface area contributed by atoms with Gasteiger partial charge in [-0.15, -0.1) is 11.3 Å². The Morgan fingerprint density at radius 2 is 2.22 bits per heavy atom. The molecule has 1 aromatic heterocycles. The van der Waals surface area contributed by atoms with Crippen LogP contribution in [0.1, 0.15) is 37.6 Å². The summed E-state index contributed by atoms with van der Waals surface area (Å²) in [5.41, 5.74) is 1.38. The largest absolute Gasteiger partial charge is 0.355 e. The van der Waals surface area contributed by atoms with Gasteiger partial charge in [0.25, 0.3) is 0 Å². The lowest BCUT2D eigenvalue weighted by Crippen LogP contribution is -2.34. The molecule has 0 spiro atoms. The van der Waals surface area contributed by atoms with Gasteiger partial charge in [-0.2, -0.15) is 0 Å². The van der Waals surface area contributed by atoms with Crippen molar-refractivity contribution in [2.45, 2.75) is 40.2 Å². The Balaban J connectivity index is 2.15. The van der Waals surface area contributed by atoms with Crippen LogP contribution in [0.15, 0.2) is 11.4 Å². The van der Waals surface area contributed by atoms with Gasteiger partial charge in [-0.3, -0.25) is 4.79 Å². The van der Waals surface area contributed by atoms with Crippen LogP contribution in [0, 0.1) is 5.92 Å². The van der Waals surface area contributed by atoms with Crippen molar-refractivity contribution in [3.05, 3.63) is 21.9 Å². The van der Waals surface area contributed by atoms with E-state index in [1.807, 2.05) is 0 Å². The fourth-order valence-corrected chi connectivity index (χ4v) is 2.64. The third kappa shape index (κ3) is 5.65. The maximum Gasteiger partial charge on any atom is 0.233 e. The Hall–Kier alpha value is -0.870. The van der Waals surface area contributed by atoms with E-state index in [0.717, 1.165) is 25.9 Å². The highest BCUT2D eigenvalue weighted by Gasteiger charge is 2.04. The van der Waals surface area contributed by atoms with Crippen molar-refractivity contribution < 1.29 is 4.79 Å². The van der Waals surface area contributed by atoms with Crippen LogP contribution < -0.4 is 10.6 Å². The molecule has 2 N–H and O–H groups in total. The van der Waals surface area contributed by atoms with Crippen molar-refractivity contribution >= 4 is 17.2 Å². The van der Waals surface area contributed by atoms with E-state index in [0.29, 0.717) is 12.5 Å². The quantitative estimate of drug-likeness (QED) is 0.761. The highest BCUT2D eigenvalue weighted by molar-refractivity contribution is 7.10. The van der Waals surface area contributed by atoms with Crippen LogP contribution in [0.4, 0.5) is 0 Å². The first kappa shape index (κ1) is 15.2. The molecule has 0 bridgehead atoms. The van der Waals surface area contributed by atoms with Crippen molar-refractivity contribution in [3.8, 4) is 0 Å². The van der Waals surface area contributed by atoms with Gasteiger partial charge in [0.05, 0.1) is 6.54 Å². The third-order valence-electron chi connectivity index (χ3n) is 2.83. The first-order valence-corrected chi connectivity index (χ1v) is 7.54. The Labute approximate surface area is 114 Å². The Bertz CT molecular complexity index is 360. The molecule has 1 heterocycles. The van der Waals surface area contributed by atoms with Crippen LogP contribution in [-0.4, -0.2) is 19.0 Å². The number of amides is 1. The smallest absolute Gasteiger partial charge is 0.233 e. The van der Waals surface area contributed by atoms with Crippen molar-refractivity contribution in [2.24, 2.45) is 5.92 Å². The van der Waals surface area contributed by atoms with Crippen molar-refractivity contribution in [3.63, 3.8) is 0 Å². The summed E-state index contributed by atoms with van der Waals surface area (Å²) in [5, 5.41) is 8.23. The number of hydrogen-bond acceptors (Lipinski definition) is 3. The van der Waals surface area contributed by atoms with Gasteiger partial charge in [-0.05, 0) is 35.8 Å². The summed E-state index contributed by atoms with van der Waals surface area (Å²) in [5.74, 6) is 0.724. The molecule has 0 fully saturated rings. The molecule has 3 nitrogen and oxygen atoms in total. The average molecular weight is 268 g/mol. The van der Waals surface area contributed by atoms with E-state index in [1.54, 1.807) is 11.3 Å². The molecule has 1 amide bonds. The van der Waals surface area contributed by atoms with Gasteiger partial charge < -0.3 is 10.6 Å². The monoisotopic (exact) mass is 268 g/mol. The molecule has 0 saturated carbocycles. The number of thiophene rings is 1. The molecular formula is C14H24N2OS. The second kappa shape index (κ2) is 8.27. The standard InChI is InChI=1S/C14H24N2OS/c1-4-12-6-8-18-13(12)9-15-10-14(17)16-7-5-11(2)3/h6,8,11,15H,4-5,7,9-10H2,1-3H3,(H,16,17). The van der Waals surface area contributed by atoms with Gasteiger partial charge in [0.15, 0.2) is 0 Å². The number of aryl methyl sites for hydroxylation is 1. The van der Waals surface area contributed by atoms with E-state index in [9.17, 15) is 4.79 Å². The van der Waals surface area contributed by atoms with Crippen LogP contribution in [0.25, 0.3) is 0 Å². The zero-order valence-corrected chi connectivity index (χ0v) is 12.4. The lowest BCUT2D eigenvalue weighted by Gasteiger charge is -2.08. The first-order chi connectivity index (χ1) is 8.63. The lowest BCUT2D eigenvalue weighted by atomic mass is 10.1. The zero-order valence-electron chi connectivity index (χ0n) is 11.6. The third-order valence-corrected chi connectivity index (χ3v) is 3.80. The fourth-order valence-electron chi connectivity index (χ4n) is 1.69. The molecule has 0 aliphatic carbocycles. The van der Waals surface area contributed by atoms with Gasteiger partial charge in [-0.1, -0.05) is 20.8 Å². The number of hydrogen-bond donors (Lipinski definition) is 2. The second-order valence-electron chi connectivity index (χ2n) is 4.86. The van der Waals surface area contributed by atoms with Gasteiger partial charge >= 0.3 is 0 Å². The maximum atomic E-state index is 11.5. The van der Waals surface area contributed by atoms with Crippen molar-refractivity contribution in [2.75, 3.05) is 13.1 Å². The normalized spacial score (nSPS) is 10.9. The lowest BCUT2D eigenvalue weighted by molar-refractivity contribution is -0.120. The molecule has 0 aliphatic heterocycles. The summed E-state index contributed by atoms with van der Waals surface area (Å²) in [4.78, 5) is 12.9. The first-order valence-electron chi connectivity index (χ1n) is 6.66. The Morgan fingerprint density at radius 1 is 1.44 bits per heavy atom. The summed E-state index contributed by atoms with van der Waals surface area (Å²) < 4.78 is 0. The molecule has 4 heteroatoms. The van der Waals surface area contributed by atoms with E-state index in [1.165, 1.54) is 10.4 Å². The SMILES string of the molecule is CCc1ccsc1CNCC(=O)NCCC(C)C. The predicted molar refractivity (Wildman–Crippen MR) is 77.9 cm³/mol. The average Bonchev–Trinajstić information content (AvgIpc) is 2.76. The summed E-state index contributed by atoms with van der Waals surface area (Å²) in [6.45, 7) is 8.44. The predicted octanol–water partition coefficient (Wildman–Crippen LogP) is 2.56. The molecule has 0 atom stereocenters. The highest BCUT2D eigenvalue weighted by atomic mass is 32.1. The minimum Gasteiger partial charge on any atom is -0.355 e. The minimum atomic E-state index is 0.0882. The van der Waals surface area contributed by atoms with E-state index >= 15 is 0 Å². The van der Waals surface area contributed by atoms with E-state index in [4.69, 9.17) is 0 Å². The Morgan fingerprint density at radius 3 is 2.89 bits per heavy atom. The summed E-state index contributed by atoms with van der Waals surface area (Å²) in [6.07, 6.45) is 2.09. The van der Waals surface area contributed by atoms with Crippen LogP contribution in [0.2, 0.25) is 0 Å². The molecule has 0 unspecified atom stereocenters. The fraction of sp³-hybridized carbons (Fsp3) is 0.643. The van der Waals surface area contributed by atoms with Gasteiger partial charge in [-0.25, -0.2) is 0 Å². The molecular weight excluding hydrogens is 244 g/mol. The number of carbonyl (C=O) groups is 1. The number of rotatable bonds is 8. The van der Waals surface area contributed by atoms with Gasteiger partial charge in [0.2, 0.25) is 5.91 Å². The molecule has 18 heavy (non-hydrogen) atoms. The Kier molecular flexibility index (Phi) is 6.98. The number of nitrogens with one attached hydrogen (secondary N) is 2. The molecule has 1 aromatic rings. The van der Waals surface area contributed by atoms with E-state index < -0.39 is 0 Å². The van der Waals surface area contributed by atoms with Crippen LogP contribution in [0.3, 0.4) is 0 Å². The molecule has 1 rings (SSSR count). The van der Waals surface area contributed by atoms with Crippen LogP contribution in [-0.2, 0) is 17.8 Å². The van der Waals surface area contributed by atoms with Crippen molar-refractivity contribution in [1.29, 1.82) is 0 Å². The minimum absolute atomic E-state index is 0.0882. The van der Waals surface area contributed by atoms with E-state index in [2.05, 4.69) is 42.9 Å². The zero-order chi connectivity index (χ0) is 13.4. The van der Waals surface area contributed by atoms with Gasteiger partial charge in [0, 0.05) is 18.0 Å². The summed E-state index contributed by atoms with van der Waals surface area (Å²) >= 11 is 1.75. The number of carbonyl (C=O) groups excluding carboxylic acids is 1. The summed E-state index contributed by atoms with van der Waals surface area (Å²) in [7, 11) is 0. The molecule has 102 valence electrons. The molecule has 0 aromatic carbocycles. The molecule has 0 radical (unpaired) electrons. The maximum absolute atomic E-state index is 11.5. The van der Waals surface area contributed by atoms with Gasteiger partial charge in [0.1, 0.15) is 0 Å². The highest BCUT2D eigenvalue weighted by Crippen LogP contribution is 2.16. The van der Waals surface area contributed by atoms with Crippen molar-refractivity contribution in [1.82, 2.24) is 10.6 Å². The topological polar surface area (TPSA) is 41.1 Å². The van der Waals surface area contributed by atoms with Crippen LogP contribution >= 0.6 is 11.3 Å². The molecule has 0 aliphatic rings. The molecule has 0 saturated heterocycles. The van der Waals surface area contributed by atoms with E-state index in [-0.39, 0.29) is 5.91 Å². The van der Waals surface area contributed by atoms with Crippen LogP contribution in [0.5, 0.6) is 0 Å². The summed E-state index contributed by atoms with van der Waals surface area (Å²) in [6, 6.07) is 2.16. The second-order valence-corrected chi connectivity index (χ2v) is 5.86.